The Morgan fingerprint density at radius 1 is 1.47 bits per heavy atom. The highest BCUT2D eigenvalue weighted by Gasteiger charge is 2.15. The Balaban J connectivity index is 0.00000196. The van der Waals surface area contributed by atoms with E-state index in [0.717, 1.165) is 0 Å². The Kier molecular flexibility index (Phi) is 6.08. The lowest BCUT2D eigenvalue weighted by atomic mass is 10.0. The zero-order valence-corrected chi connectivity index (χ0v) is 9.33. The summed E-state index contributed by atoms with van der Waals surface area (Å²) in [5, 5.41) is 18.3. The van der Waals surface area contributed by atoms with Crippen molar-refractivity contribution in [1.29, 1.82) is 0 Å². The first kappa shape index (κ1) is 14.0. The molecule has 0 radical (unpaired) electrons. The number of phenols is 1. The van der Waals surface area contributed by atoms with Crippen molar-refractivity contribution in [3.05, 3.63) is 23.8 Å². The monoisotopic (exact) mass is 233 g/mol. The van der Waals surface area contributed by atoms with E-state index in [-0.39, 0.29) is 24.8 Å². The van der Waals surface area contributed by atoms with Crippen LogP contribution in [-0.2, 0) is 0 Å². The van der Waals surface area contributed by atoms with E-state index in [9.17, 15) is 5.11 Å². The molecule has 0 bridgehead atoms. The third-order valence-electron chi connectivity index (χ3n) is 2.07. The third-order valence-corrected chi connectivity index (χ3v) is 2.07. The van der Waals surface area contributed by atoms with E-state index < -0.39 is 6.04 Å². The van der Waals surface area contributed by atoms with Gasteiger partial charge in [0.2, 0.25) is 0 Å². The molecule has 0 heterocycles. The van der Waals surface area contributed by atoms with E-state index in [2.05, 4.69) is 0 Å². The fourth-order valence-electron chi connectivity index (χ4n) is 1.37. The minimum Gasteiger partial charge on any atom is -0.507 e. The van der Waals surface area contributed by atoms with Gasteiger partial charge in [0, 0.05) is 12.6 Å². The molecule has 15 heavy (non-hydrogen) atoms. The predicted octanol–water partition coefficient (Wildman–Crippen LogP) is 1.20. The van der Waals surface area contributed by atoms with Gasteiger partial charge in [-0.1, -0.05) is 6.07 Å². The number of ether oxygens (including phenoxy) is 1. The normalized spacial score (nSPS) is 11.7. The van der Waals surface area contributed by atoms with Crippen LogP contribution < -0.4 is 10.5 Å². The number of phenolic OH excluding ortho intramolecular Hbond substituents is 1. The first-order valence-corrected chi connectivity index (χ1v) is 4.43. The largest absolute Gasteiger partial charge is 0.507 e. The third kappa shape index (κ3) is 3.27. The number of hydrogen-bond acceptors (Lipinski definition) is 4. The molecule has 1 atom stereocenters. The van der Waals surface area contributed by atoms with Crippen LogP contribution in [0.4, 0.5) is 0 Å². The quantitative estimate of drug-likeness (QED) is 0.731. The minimum atomic E-state index is -0.406. The molecule has 0 aliphatic rings. The number of hydrogen-bond donors (Lipinski definition) is 3. The second-order valence-electron chi connectivity index (χ2n) is 3.01. The molecule has 1 aromatic rings. The molecule has 1 aromatic carbocycles. The zero-order chi connectivity index (χ0) is 10.6. The Bertz CT molecular complexity index is 307. The van der Waals surface area contributed by atoms with Gasteiger partial charge in [-0.05, 0) is 18.6 Å². The van der Waals surface area contributed by atoms with Crippen molar-refractivity contribution in [3.63, 3.8) is 0 Å². The van der Waals surface area contributed by atoms with Gasteiger partial charge in [0.05, 0.1) is 12.7 Å². The predicted molar refractivity (Wildman–Crippen MR) is 60.5 cm³/mol. The van der Waals surface area contributed by atoms with Crippen molar-refractivity contribution >= 4 is 12.4 Å². The van der Waals surface area contributed by atoms with Gasteiger partial charge < -0.3 is 20.7 Å². The molecule has 1 rings (SSSR count). The van der Waals surface area contributed by atoms with Gasteiger partial charge in [-0.15, -0.1) is 12.4 Å². The van der Waals surface area contributed by atoms with Gasteiger partial charge in [-0.25, -0.2) is 0 Å². The molecule has 0 saturated carbocycles. The second-order valence-corrected chi connectivity index (χ2v) is 3.01. The van der Waals surface area contributed by atoms with Crippen molar-refractivity contribution < 1.29 is 14.9 Å². The highest BCUT2D eigenvalue weighted by atomic mass is 35.5. The summed E-state index contributed by atoms with van der Waals surface area (Å²) in [4.78, 5) is 0. The minimum absolute atomic E-state index is 0. The Labute approximate surface area is 95.1 Å². The summed E-state index contributed by atoms with van der Waals surface area (Å²) < 4.78 is 5.07. The molecule has 0 unspecified atom stereocenters. The molecule has 0 aliphatic carbocycles. The molecule has 0 spiro atoms. The van der Waals surface area contributed by atoms with Crippen molar-refractivity contribution in [2.24, 2.45) is 5.73 Å². The molecular weight excluding hydrogens is 218 g/mol. The van der Waals surface area contributed by atoms with Crippen molar-refractivity contribution in [2.45, 2.75) is 12.5 Å². The fraction of sp³-hybridized carbons (Fsp3) is 0.400. The number of rotatable bonds is 4. The number of nitrogens with two attached hydrogens (primary N) is 1. The molecular formula is C10H16ClNO3. The summed E-state index contributed by atoms with van der Waals surface area (Å²) in [5.41, 5.74) is 6.33. The number of aliphatic hydroxyl groups excluding tert-OH is 1. The van der Waals surface area contributed by atoms with Gasteiger partial charge in [-0.2, -0.15) is 0 Å². The van der Waals surface area contributed by atoms with E-state index in [0.29, 0.717) is 17.7 Å². The van der Waals surface area contributed by atoms with Crippen LogP contribution in [0.15, 0.2) is 18.2 Å². The fourth-order valence-corrected chi connectivity index (χ4v) is 1.37. The SMILES string of the molecule is COc1cccc(O)c1[C@@H](N)CCO.Cl. The first-order chi connectivity index (χ1) is 6.70. The molecule has 5 heteroatoms. The maximum absolute atomic E-state index is 9.58. The van der Waals surface area contributed by atoms with Crippen LogP contribution in [0.1, 0.15) is 18.0 Å². The van der Waals surface area contributed by atoms with E-state index in [1.807, 2.05) is 0 Å². The number of halogens is 1. The van der Waals surface area contributed by atoms with E-state index in [4.69, 9.17) is 15.6 Å². The van der Waals surface area contributed by atoms with Crippen molar-refractivity contribution in [3.8, 4) is 11.5 Å². The zero-order valence-electron chi connectivity index (χ0n) is 8.51. The van der Waals surface area contributed by atoms with E-state index in [1.54, 1.807) is 18.2 Å². The molecule has 0 aromatic heterocycles. The summed E-state index contributed by atoms with van der Waals surface area (Å²) in [7, 11) is 1.52. The Hall–Kier alpha value is -0.970. The first-order valence-electron chi connectivity index (χ1n) is 4.43. The lowest BCUT2D eigenvalue weighted by molar-refractivity contribution is 0.273. The average Bonchev–Trinajstić information content (AvgIpc) is 2.17. The van der Waals surface area contributed by atoms with Crippen LogP contribution in [0.5, 0.6) is 11.5 Å². The van der Waals surface area contributed by atoms with Gasteiger partial charge in [0.15, 0.2) is 0 Å². The van der Waals surface area contributed by atoms with Gasteiger partial charge >= 0.3 is 0 Å². The smallest absolute Gasteiger partial charge is 0.127 e. The maximum Gasteiger partial charge on any atom is 0.127 e. The van der Waals surface area contributed by atoms with Gasteiger partial charge in [0.1, 0.15) is 11.5 Å². The molecule has 0 aliphatic heterocycles. The molecule has 0 saturated heterocycles. The second kappa shape index (κ2) is 6.50. The Morgan fingerprint density at radius 3 is 2.67 bits per heavy atom. The number of aromatic hydroxyl groups is 1. The van der Waals surface area contributed by atoms with E-state index in [1.165, 1.54) is 7.11 Å². The molecule has 4 N–H and O–H groups in total. The van der Waals surface area contributed by atoms with Crippen LogP contribution in [-0.4, -0.2) is 23.9 Å². The standard InChI is InChI=1S/C10H15NO3.ClH/c1-14-9-4-2-3-8(13)10(9)7(11)5-6-12;/h2-4,7,12-13H,5-6,11H2,1H3;1H/t7-;/m0./s1. The summed E-state index contributed by atoms with van der Waals surface area (Å²) in [6.07, 6.45) is 0.397. The molecule has 0 amide bonds. The maximum atomic E-state index is 9.58. The van der Waals surface area contributed by atoms with Crippen LogP contribution >= 0.6 is 12.4 Å². The molecule has 0 fully saturated rings. The number of aliphatic hydroxyl groups is 1. The highest BCUT2D eigenvalue weighted by Crippen LogP contribution is 2.33. The summed E-state index contributed by atoms with van der Waals surface area (Å²) in [6.45, 7) is -0.0152. The van der Waals surface area contributed by atoms with Crippen molar-refractivity contribution in [1.82, 2.24) is 0 Å². The molecule has 86 valence electrons. The Morgan fingerprint density at radius 2 is 2.13 bits per heavy atom. The summed E-state index contributed by atoms with van der Waals surface area (Å²) in [6, 6.07) is 4.56. The summed E-state index contributed by atoms with van der Waals surface area (Å²) in [5.74, 6) is 0.649. The van der Waals surface area contributed by atoms with Gasteiger partial charge in [0.25, 0.3) is 0 Å². The van der Waals surface area contributed by atoms with Crippen LogP contribution in [0.25, 0.3) is 0 Å². The van der Waals surface area contributed by atoms with E-state index >= 15 is 0 Å². The van der Waals surface area contributed by atoms with Crippen LogP contribution in [0.3, 0.4) is 0 Å². The van der Waals surface area contributed by atoms with Crippen LogP contribution in [0.2, 0.25) is 0 Å². The lowest BCUT2D eigenvalue weighted by Crippen LogP contribution is -2.13. The van der Waals surface area contributed by atoms with Crippen molar-refractivity contribution in [2.75, 3.05) is 13.7 Å². The highest BCUT2D eigenvalue weighted by molar-refractivity contribution is 5.85. The summed E-state index contributed by atoms with van der Waals surface area (Å²) >= 11 is 0. The average molecular weight is 234 g/mol. The number of methoxy groups -OCH3 is 1. The van der Waals surface area contributed by atoms with Crippen LogP contribution in [0, 0.1) is 0 Å². The lowest BCUT2D eigenvalue weighted by Gasteiger charge is -2.15. The molecule has 4 nitrogen and oxygen atoms in total. The topological polar surface area (TPSA) is 75.7 Å². The van der Waals surface area contributed by atoms with Gasteiger partial charge in [-0.3, -0.25) is 0 Å². The number of benzene rings is 1.